The van der Waals surface area contributed by atoms with E-state index in [1.165, 1.54) is 18.2 Å². The van der Waals surface area contributed by atoms with E-state index in [2.05, 4.69) is 15.3 Å². The van der Waals surface area contributed by atoms with E-state index in [-0.39, 0.29) is 16.5 Å². The normalized spacial score (nSPS) is 12.0. The van der Waals surface area contributed by atoms with Gasteiger partial charge in [0.25, 0.3) is 5.56 Å². The van der Waals surface area contributed by atoms with Crippen molar-refractivity contribution < 1.29 is 9.18 Å². The summed E-state index contributed by atoms with van der Waals surface area (Å²) in [6.07, 6.45) is 1.57. The fourth-order valence-electron chi connectivity index (χ4n) is 1.97. The molecule has 1 aromatic heterocycles. The van der Waals surface area contributed by atoms with Crippen molar-refractivity contribution in [2.75, 3.05) is 5.32 Å². The summed E-state index contributed by atoms with van der Waals surface area (Å²) >= 11 is 7.03. The zero-order valence-corrected chi connectivity index (χ0v) is 14.8. The number of aromatic amines is 1. The first-order valence-corrected chi connectivity index (χ1v) is 8.67. The van der Waals surface area contributed by atoms with Gasteiger partial charge in [0.1, 0.15) is 5.82 Å². The summed E-state index contributed by atoms with van der Waals surface area (Å²) in [5, 5.41) is 2.62. The zero-order chi connectivity index (χ0) is 17.7. The quantitative estimate of drug-likeness (QED) is 0.602. The average molecular weight is 370 g/mol. The number of halogens is 2. The van der Waals surface area contributed by atoms with Gasteiger partial charge in [0, 0.05) is 11.8 Å². The maximum Gasteiger partial charge on any atom is 0.251 e. The standard InChI is InChI=1S/C16H17ClFN3O2S/c1-3-4-11-8-14(22)21-16(19-11)24-9(2)15(23)20-13-6-5-10(18)7-12(13)17/h5-9H,3-4H2,1-2H3,(H,20,23)(H,19,21,22)/t9-/m0/s1. The predicted octanol–water partition coefficient (Wildman–Crippen LogP) is 3.63. The van der Waals surface area contributed by atoms with Crippen molar-refractivity contribution >= 4 is 35.0 Å². The molecule has 24 heavy (non-hydrogen) atoms. The highest BCUT2D eigenvalue weighted by molar-refractivity contribution is 8.00. The molecule has 0 fully saturated rings. The molecule has 0 saturated carbocycles. The number of H-pyrrole nitrogens is 1. The van der Waals surface area contributed by atoms with Crippen LogP contribution in [-0.4, -0.2) is 21.1 Å². The molecule has 5 nitrogen and oxygen atoms in total. The Morgan fingerprint density at radius 3 is 2.88 bits per heavy atom. The van der Waals surface area contributed by atoms with Crippen LogP contribution in [0.5, 0.6) is 0 Å². The highest BCUT2D eigenvalue weighted by Gasteiger charge is 2.17. The van der Waals surface area contributed by atoms with Crippen molar-refractivity contribution in [3.63, 3.8) is 0 Å². The number of aromatic nitrogens is 2. The van der Waals surface area contributed by atoms with Crippen molar-refractivity contribution in [3.8, 4) is 0 Å². The summed E-state index contributed by atoms with van der Waals surface area (Å²) in [5.74, 6) is -0.799. The SMILES string of the molecule is CCCc1cc(=O)[nH]c(S[C@@H](C)C(=O)Nc2ccc(F)cc2Cl)n1. The van der Waals surface area contributed by atoms with Gasteiger partial charge in [0.15, 0.2) is 5.16 Å². The minimum absolute atomic E-state index is 0.122. The largest absolute Gasteiger partial charge is 0.324 e. The minimum atomic E-state index is -0.522. The fraction of sp³-hybridized carbons (Fsp3) is 0.312. The van der Waals surface area contributed by atoms with E-state index < -0.39 is 11.1 Å². The van der Waals surface area contributed by atoms with Gasteiger partial charge < -0.3 is 10.3 Å². The highest BCUT2D eigenvalue weighted by atomic mass is 35.5. The number of amides is 1. The third-order valence-electron chi connectivity index (χ3n) is 3.13. The smallest absolute Gasteiger partial charge is 0.251 e. The molecule has 1 amide bonds. The number of carbonyl (C=O) groups is 1. The second-order valence-electron chi connectivity index (χ2n) is 5.17. The molecule has 0 unspecified atom stereocenters. The van der Waals surface area contributed by atoms with E-state index >= 15 is 0 Å². The molecule has 0 bridgehead atoms. The molecule has 1 atom stereocenters. The lowest BCUT2D eigenvalue weighted by molar-refractivity contribution is -0.115. The molecule has 2 N–H and O–H groups in total. The number of anilines is 1. The molecular weight excluding hydrogens is 353 g/mol. The van der Waals surface area contributed by atoms with Gasteiger partial charge in [-0.2, -0.15) is 0 Å². The maximum atomic E-state index is 13.0. The van der Waals surface area contributed by atoms with Gasteiger partial charge in [-0.3, -0.25) is 9.59 Å². The average Bonchev–Trinajstić information content (AvgIpc) is 2.49. The van der Waals surface area contributed by atoms with Crippen LogP contribution in [-0.2, 0) is 11.2 Å². The molecule has 128 valence electrons. The number of hydrogen-bond acceptors (Lipinski definition) is 4. The molecular formula is C16H17ClFN3O2S. The third-order valence-corrected chi connectivity index (χ3v) is 4.42. The van der Waals surface area contributed by atoms with Crippen molar-refractivity contribution in [1.82, 2.24) is 9.97 Å². The summed E-state index contributed by atoms with van der Waals surface area (Å²) in [6, 6.07) is 5.19. The van der Waals surface area contributed by atoms with Crippen LogP contribution in [0, 0.1) is 5.82 Å². The van der Waals surface area contributed by atoms with Crippen molar-refractivity contribution in [3.05, 3.63) is 51.2 Å². The number of nitrogens with one attached hydrogen (secondary N) is 2. The first-order chi connectivity index (χ1) is 11.4. The van der Waals surface area contributed by atoms with E-state index in [1.54, 1.807) is 6.92 Å². The van der Waals surface area contributed by atoms with Crippen molar-refractivity contribution in [1.29, 1.82) is 0 Å². The Bertz CT molecular complexity index is 797. The van der Waals surface area contributed by atoms with Crippen LogP contribution >= 0.6 is 23.4 Å². The molecule has 2 rings (SSSR count). The molecule has 1 aromatic carbocycles. The Labute approximate surface area is 148 Å². The summed E-state index contributed by atoms with van der Waals surface area (Å²) in [6.45, 7) is 3.68. The molecule has 0 saturated heterocycles. The van der Waals surface area contributed by atoms with Gasteiger partial charge in [-0.15, -0.1) is 0 Å². The van der Waals surface area contributed by atoms with E-state index in [9.17, 15) is 14.0 Å². The Morgan fingerprint density at radius 2 is 2.21 bits per heavy atom. The second kappa shape index (κ2) is 8.30. The Kier molecular flexibility index (Phi) is 6.39. The van der Waals surface area contributed by atoms with Crippen LogP contribution in [0.4, 0.5) is 10.1 Å². The predicted molar refractivity (Wildman–Crippen MR) is 94.2 cm³/mol. The van der Waals surface area contributed by atoms with E-state index in [0.29, 0.717) is 23.0 Å². The van der Waals surface area contributed by atoms with Crippen molar-refractivity contribution in [2.24, 2.45) is 0 Å². The zero-order valence-electron chi connectivity index (χ0n) is 13.2. The molecule has 0 aliphatic heterocycles. The van der Waals surface area contributed by atoms with E-state index in [1.807, 2.05) is 6.92 Å². The molecule has 2 aromatic rings. The lowest BCUT2D eigenvalue weighted by atomic mass is 10.2. The first-order valence-electron chi connectivity index (χ1n) is 7.42. The van der Waals surface area contributed by atoms with Crippen LogP contribution in [0.1, 0.15) is 26.0 Å². The van der Waals surface area contributed by atoms with Gasteiger partial charge in [-0.1, -0.05) is 36.7 Å². The number of benzene rings is 1. The van der Waals surface area contributed by atoms with Gasteiger partial charge >= 0.3 is 0 Å². The molecule has 0 spiro atoms. The molecule has 0 radical (unpaired) electrons. The fourth-order valence-corrected chi connectivity index (χ4v) is 3.01. The highest BCUT2D eigenvalue weighted by Crippen LogP contribution is 2.25. The van der Waals surface area contributed by atoms with Gasteiger partial charge in [-0.05, 0) is 31.5 Å². The lowest BCUT2D eigenvalue weighted by Crippen LogP contribution is -2.23. The molecule has 8 heteroatoms. The van der Waals surface area contributed by atoms with Crippen LogP contribution in [0.15, 0.2) is 34.2 Å². The monoisotopic (exact) mass is 369 g/mol. The van der Waals surface area contributed by atoms with E-state index in [4.69, 9.17) is 11.6 Å². The first kappa shape index (κ1) is 18.5. The van der Waals surface area contributed by atoms with Gasteiger partial charge in [-0.25, -0.2) is 9.37 Å². The summed E-state index contributed by atoms with van der Waals surface area (Å²) in [7, 11) is 0. The van der Waals surface area contributed by atoms with Crippen LogP contribution in [0.2, 0.25) is 5.02 Å². The maximum absolute atomic E-state index is 13.0. The summed E-state index contributed by atoms with van der Waals surface area (Å²) < 4.78 is 13.0. The minimum Gasteiger partial charge on any atom is -0.324 e. The topological polar surface area (TPSA) is 74.8 Å². The number of thioether (sulfide) groups is 1. The van der Waals surface area contributed by atoms with Gasteiger partial charge in [0.05, 0.1) is 16.0 Å². The molecule has 0 aliphatic rings. The number of carbonyl (C=O) groups excluding carboxylic acids is 1. The summed E-state index contributed by atoms with van der Waals surface area (Å²) in [5.41, 5.74) is 0.778. The molecule has 0 aliphatic carbocycles. The Morgan fingerprint density at radius 1 is 1.46 bits per heavy atom. The van der Waals surface area contributed by atoms with Crippen molar-refractivity contribution in [2.45, 2.75) is 37.1 Å². The van der Waals surface area contributed by atoms with Crippen LogP contribution in [0.25, 0.3) is 0 Å². The van der Waals surface area contributed by atoms with Gasteiger partial charge in [0.2, 0.25) is 5.91 Å². The number of rotatable bonds is 6. The van der Waals surface area contributed by atoms with Crippen LogP contribution < -0.4 is 10.9 Å². The Hall–Kier alpha value is -1.86. The third kappa shape index (κ3) is 5.07. The number of nitrogens with zero attached hydrogens (tertiary/aromatic N) is 1. The number of hydrogen-bond donors (Lipinski definition) is 2. The Balaban J connectivity index is 2.07. The lowest BCUT2D eigenvalue weighted by Gasteiger charge is -2.12. The van der Waals surface area contributed by atoms with E-state index in [0.717, 1.165) is 24.2 Å². The molecule has 1 heterocycles. The summed E-state index contributed by atoms with van der Waals surface area (Å²) in [4.78, 5) is 30.8. The van der Waals surface area contributed by atoms with Crippen LogP contribution in [0.3, 0.4) is 0 Å². The second-order valence-corrected chi connectivity index (χ2v) is 6.90. The number of aryl methyl sites for hydroxylation is 1.